The van der Waals surface area contributed by atoms with Gasteiger partial charge in [-0.25, -0.2) is 17.6 Å². The van der Waals surface area contributed by atoms with E-state index >= 15 is 0 Å². The van der Waals surface area contributed by atoms with E-state index in [4.69, 9.17) is 0 Å². The summed E-state index contributed by atoms with van der Waals surface area (Å²) in [6, 6.07) is 0. The number of alkyl halides is 2. The summed E-state index contributed by atoms with van der Waals surface area (Å²) in [5.74, 6) is -8.07. The molecule has 0 amide bonds. The fraction of sp³-hybridized carbons (Fsp3) is 0.333. The molecule has 90 valence electrons. The molecule has 0 aromatic heterocycles. The van der Waals surface area contributed by atoms with E-state index in [1.807, 2.05) is 0 Å². The summed E-state index contributed by atoms with van der Waals surface area (Å²) in [5, 5.41) is 0. The maximum Gasteiger partial charge on any atom is 0.389 e. The van der Waals surface area contributed by atoms with Gasteiger partial charge in [-0.1, -0.05) is 0 Å². The van der Waals surface area contributed by atoms with E-state index in [0.717, 1.165) is 6.92 Å². The largest absolute Gasteiger partial charge is 0.389 e. The van der Waals surface area contributed by atoms with Crippen LogP contribution in [-0.4, -0.2) is 7.11 Å². The van der Waals surface area contributed by atoms with Gasteiger partial charge in [-0.05, 0) is 6.92 Å². The van der Waals surface area contributed by atoms with Gasteiger partial charge < -0.3 is 4.74 Å². The summed E-state index contributed by atoms with van der Waals surface area (Å²) >= 11 is 0. The van der Waals surface area contributed by atoms with Crippen molar-refractivity contribution in [1.82, 2.24) is 0 Å². The van der Waals surface area contributed by atoms with Gasteiger partial charge in [0.25, 0.3) is 0 Å². The Morgan fingerprint density at radius 3 is 1.56 bits per heavy atom. The highest BCUT2D eigenvalue weighted by molar-refractivity contribution is 5.30. The Hall–Kier alpha value is -1.24. The predicted octanol–water partition coefficient (Wildman–Crippen LogP) is 3.25. The average Bonchev–Trinajstić information content (AvgIpc) is 2.23. The van der Waals surface area contributed by atoms with E-state index in [-0.39, 0.29) is 0 Å². The third kappa shape index (κ3) is 1.75. The van der Waals surface area contributed by atoms with E-state index in [1.165, 1.54) is 0 Å². The van der Waals surface area contributed by atoms with Gasteiger partial charge in [0.05, 0.1) is 0 Å². The molecule has 1 aromatic carbocycles. The predicted molar refractivity (Wildman–Crippen MR) is 41.9 cm³/mol. The third-order valence-electron chi connectivity index (χ3n) is 2.03. The first-order valence-electron chi connectivity index (χ1n) is 4.00. The Morgan fingerprint density at radius 2 is 1.25 bits per heavy atom. The molecular weight excluding hydrogens is 238 g/mol. The minimum Gasteiger partial charge on any atom is -0.320 e. The molecule has 0 aliphatic heterocycles. The number of hydrogen-bond acceptors (Lipinski definition) is 1. The van der Waals surface area contributed by atoms with Crippen molar-refractivity contribution in [2.75, 3.05) is 7.11 Å². The number of halogens is 6. The molecular formula is C9H6F6O. The Morgan fingerprint density at radius 1 is 0.875 bits per heavy atom. The first-order chi connectivity index (χ1) is 7.24. The molecule has 1 aromatic rings. The highest BCUT2D eigenvalue weighted by Crippen LogP contribution is 2.35. The summed E-state index contributed by atoms with van der Waals surface area (Å²) in [6.45, 7) is 0.728. The molecule has 1 nitrogen and oxygen atoms in total. The summed E-state index contributed by atoms with van der Waals surface area (Å²) < 4.78 is 81.2. The lowest BCUT2D eigenvalue weighted by molar-refractivity contribution is -0.235. The van der Waals surface area contributed by atoms with Crippen LogP contribution in [0, 0.1) is 30.2 Å². The molecule has 7 heteroatoms. The quantitative estimate of drug-likeness (QED) is 0.573. The molecule has 0 heterocycles. The van der Waals surface area contributed by atoms with Crippen molar-refractivity contribution in [3.8, 4) is 0 Å². The van der Waals surface area contributed by atoms with Gasteiger partial charge >= 0.3 is 6.11 Å². The van der Waals surface area contributed by atoms with E-state index in [9.17, 15) is 26.3 Å². The maximum atomic E-state index is 13.0. The normalized spacial score (nSPS) is 12.0. The molecule has 0 aliphatic rings. The Labute approximate surface area is 86.6 Å². The molecule has 0 fully saturated rings. The zero-order valence-electron chi connectivity index (χ0n) is 8.18. The van der Waals surface area contributed by atoms with Crippen LogP contribution in [0.25, 0.3) is 0 Å². The molecule has 0 unspecified atom stereocenters. The minimum absolute atomic E-state index is 0.453. The van der Waals surface area contributed by atoms with Crippen molar-refractivity contribution in [1.29, 1.82) is 0 Å². The van der Waals surface area contributed by atoms with Crippen LogP contribution in [-0.2, 0) is 10.8 Å². The second kappa shape index (κ2) is 3.97. The molecule has 0 saturated carbocycles. The van der Waals surface area contributed by atoms with Crippen LogP contribution in [0.5, 0.6) is 0 Å². The topological polar surface area (TPSA) is 9.23 Å². The van der Waals surface area contributed by atoms with Crippen LogP contribution >= 0.6 is 0 Å². The van der Waals surface area contributed by atoms with Gasteiger partial charge in [0, 0.05) is 12.7 Å². The maximum absolute atomic E-state index is 13.0. The Balaban J connectivity index is 3.65. The van der Waals surface area contributed by atoms with Crippen molar-refractivity contribution in [3.05, 3.63) is 34.4 Å². The zero-order valence-corrected chi connectivity index (χ0v) is 8.18. The first-order valence-corrected chi connectivity index (χ1v) is 4.00. The number of rotatable bonds is 2. The Bertz CT molecular complexity index is 399. The number of hydrogen-bond donors (Lipinski definition) is 0. The van der Waals surface area contributed by atoms with Crippen LogP contribution in [0.15, 0.2) is 0 Å². The van der Waals surface area contributed by atoms with E-state index in [1.54, 1.807) is 0 Å². The average molecular weight is 244 g/mol. The molecule has 0 aliphatic carbocycles. The lowest BCUT2D eigenvalue weighted by atomic mass is 10.1. The zero-order chi connectivity index (χ0) is 12.7. The highest BCUT2D eigenvalue weighted by atomic mass is 19.3. The van der Waals surface area contributed by atoms with Gasteiger partial charge in [-0.15, -0.1) is 0 Å². The Kier molecular flexibility index (Phi) is 3.18. The van der Waals surface area contributed by atoms with E-state index in [0.29, 0.717) is 7.11 Å². The van der Waals surface area contributed by atoms with Gasteiger partial charge in [0.2, 0.25) is 0 Å². The lowest BCUT2D eigenvalue weighted by Gasteiger charge is -2.17. The molecule has 0 saturated heterocycles. The molecule has 0 radical (unpaired) electrons. The van der Waals surface area contributed by atoms with Gasteiger partial charge in [-0.3, -0.25) is 0 Å². The van der Waals surface area contributed by atoms with Crippen molar-refractivity contribution in [2.24, 2.45) is 0 Å². The van der Waals surface area contributed by atoms with Gasteiger partial charge in [0.15, 0.2) is 23.3 Å². The summed E-state index contributed by atoms with van der Waals surface area (Å²) in [5.41, 5.74) is -3.08. The van der Waals surface area contributed by atoms with Crippen LogP contribution in [0.2, 0.25) is 0 Å². The SMILES string of the molecule is COC(F)(F)c1c(F)c(F)c(C)c(F)c1F. The second-order valence-electron chi connectivity index (χ2n) is 2.98. The van der Waals surface area contributed by atoms with Gasteiger partial charge in [-0.2, -0.15) is 8.78 Å². The molecule has 16 heavy (non-hydrogen) atoms. The fourth-order valence-electron chi connectivity index (χ4n) is 1.10. The van der Waals surface area contributed by atoms with Crippen molar-refractivity contribution in [3.63, 3.8) is 0 Å². The van der Waals surface area contributed by atoms with Gasteiger partial charge in [0.1, 0.15) is 5.56 Å². The van der Waals surface area contributed by atoms with Crippen molar-refractivity contribution >= 4 is 0 Å². The smallest absolute Gasteiger partial charge is 0.320 e. The standard InChI is InChI=1S/C9H6F6O/c1-3-5(10)7(12)4(8(13)6(3)11)9(14,15)16-2/h1-2H3. The monoisotopic (exact) mass is 244 g/mol. The van der Waals surface area contributed by atoms with E-state index < -0.39 is 40.5 Å². The first kappa shape index (κ1) is 12.8. The fourth-order valence-corrected chi connectivity index (χ4v) is 1.10. The summed E-state index contributed by atoms with van der Waals surface area (Å²) in [7, 11) is 0.453. The molecule has 0 N–H and O–H groups in total. The van der Waals surface area contributed by atoms with Crippen LogP contribution < -0.4 is 0 Å². The second-order valence-corrected chi connectivity index (χ2v) is 2.98. The molecule has 0 bridgehead atoms. The minimum atomic E-state index is -4.44. The summed E-state index contributed by atoms with van der Waals surface area (Å²) in [4.78, 5) is 0. The van der Waals surface area contributed by atoms with Crippen LogP contribution in [0.1, 0.15) is 11.1 Å². The molecule has 1 rings (SSSR count). The van der Waals surface area contributed by atoms with Crippen LogP contribution in [0.3, 0.4) is 0 Å². The summed E-state index contributed by atoms with van der Waals surface area (Å²) in [6.07, 6.45) is -4.44. The number of benzene rings is 1. The number of methoxy groups -OCH3 is 1. The van der Waals surface area contributed by atoms with Crippen molar-refractivity contribution < 1.29 is 31.1 Å². The van der Waals surface area contributed by atoms with Crippen molar-refractivity contribution in [2.45, 2.75) is 13.0 Å². The highest BCUT2D eigenvalue weighted by Gasteiger charge is 2.41. The van der Waals surface area contributed by atoms with Crippen LogP contribution in [0.4, 0.5) is 26.3 Å². The third-order valence-corrected chi connectivity index (χ3v) is 2.03. The number of ether oxygens (including phenoxy) is 1. The molecule has 0 atom stereocenters. The van der Waals surface area contributed by atoms with E-state index in [2.05, 4.69) is 4.74 Å². The molecule has 0 spiro atoms. The lowest BCUT2D eigenvalue weighted by Crippen LogP contribution is -2.22.